The molecule has 0 fully saturated rings. The van der Waals surface area contributed by atoms with Crippen LogP contribution in [0.1, 0.15) is 36.8 Å². The molecule has 0 atom stereocenters. The molecule has 2 aromatic carbocycles. The molecule has 1 aliphatic rings. The molecule has 0 radical (unpaired) electrons. The van der Waals surface area contributed by atoms with Gasteiger partial charge in [-0.25, -0.2) is 4.79 Å². The molecule has 0 saturated heterocycles. The van der Waals surface area contributed by atoms with Gasteiger partial charge in [0.2, 0.25) is 0 Å². The van der Waals surface area contributed by atoms with Crippen LogP contribution in [0.15, 0.2) is 64.5 Å². The van der Waals surface area contributed by atoms with Crippen LogP contribution < -0.4 is 0 Å². The number of benzene rings is 2. The zero-order chi connectivity index (χ0) is 19.8. The highest BCUT2D eigenvalue weighted by Crippen LogP contribution is 2.32. The molecule has 1 aliphatic heterocycles. The van der Waals surface area contributed by atoms with Gasteiger partial charge in [0, 0.05) is 11.9 Å². The van der Waals surface area contributed by atoms with Crippen molar-refractivity contribution in [1.82, 2.24) is 14.8 Å². The molecule has 3 aromatic rings. The first kappa shape index (κ1) is 18.0. The molecular formula is C20H15N3O4S. The van der Waals surface area contributed by atoms with E-state index in [0.29, 0.717) is 15.8 Å². The Balaban J connectivity index is 1.63. The number of carbonyl (C=O) groups is 3. The molecule has 2 heterocycles. The molecule has 4 rings (SSSR count). The van der Waals surface area contributed by atoms with Crippen molar-refractivity contribution in [1.29, 1.82) is 0 Å². The van der Waals surface area contributed by atoms with E-state index in [1.807, 2.05) is 30.3 Å². The maximum atomic E-state index is 12.9. The molecule has 0 bridgehead atoms. The van der Waals surface area contributed by atoms with Crippen molar-refractivity contribution >= 4 is 29.5 Å². The number of hydrogen-bond donors (Lipinski definition) is 0. The largest absolute Gasteiger partial charge is 0.368 e. The minimum absolute atomic E-state index is 0.210. The van der Waals surface area contributed by atoms with E-state index >= 15 is 0 Å². The first-order valence-electron chi connectivity index (χ1n) is 8.44. The van der Waals surface area contributed by atoms with E-state index in [4.69, 9.17) is 4.84 Å². The fraction of sp³-hybridized carbons (Fsp3) is 0.100. The summed E-state index contributed by atoms with van der Waals surface area (Å²) < 4.78 is 1.58. The van der Waals surface area contributed by atoms with Gasteiger partial charge in [-0.1, -0.05) is 47.2 Å². The first-order chi connectivity index (χ1) is 13.5. The average molecular weight is 393 g/mol. The van der Waals surface area contributed by atoms with Crippen molar-refractivity contribution in [2.75, 3.05) is 0 Å². The number of fused-ring (bicyclic) bond motifs is 1. The molecule has 0 aliphatic carbocycles. The van der Waals surface area contributed by atoms with E-state index in [1.165, 1.54) is 23.9 Å². The van der Waals surface area contributed by atoms with E-state index < -0.39 is 17.8 Å². The lowest BCUT2D eigenvalue weighted by Crippen LogP contribution is -2.33. The van der Waals surface area contributed by atoms with Gasteiger partial charge in [-0.15, -0.1) is 0 Å². The quantitative estimate of drug-likeness (QED) is 0.633. The van der Waals surface area contributed by atoms with Crippen LogP contribution in [0.3, 0.4) is 0 Å². The van der Waals surface area contributed by atoms with E-state index in [9.17, 15) is 14.4 Å². The van der Waals surface area contributed by atoms with Crippen LogP contribution in [0, 0.1) is 6.92 Å². The van der Waals surface area contributed by atoms with Crippen LogP contribution in [0.4, 0.5) is 0 Å². The Morgan fingerprint density at radius 1 is 0.964 bits per heavy atom. The lowest BCUT2D eigenvalue weighted by atomic mass is 10.1. The average Bonchev–Trinajstić information content (AvgIpc) is 3.10. The van der Waals surface area contributed by atoms with E-state index in [1.54, 1.807) is 30.8 Å². The first-order valence-corrected chi connectivity index (χ1v) is 9.25. The second-order valence-corrected chi connectivity index (χ2v) is 7.20. The third-order valence-electron chi connectivity index (χ3n) is 4.26. The van der Waals surface area contributed by atoms with Crippen LogP contribution in [0.5, 0.6) is 0 Å². The van der Waals surface area contributed by atoms with Gasteiger partial charge in [-0.3, -0.25) is 14.3 Å². The lowest BCUT2D eigenvalue weighted by molar-refractivity contribution is -0.0587. The van der Waals surface area contributed by atoms with E-state index in [2.05, 4.69) is 5.10 Å². The summed E-state index contributed by atoms with van der Waals surface area (Å²) in [7, 11) is 1.72. The number of carbonyl (C=O) groups excluding carboxylic acids is 3. The Morgan fingerprint density at radius 2 is 1.54 bits per heavy atom. The van der Waals surface area contributed by atoms with Crippen molar-refractivity contribution in [2.24, 2.45) is 7.05 Å². The van der Waals surface area contributed by atoms with Gasteiger partial charge in [0.05, 0.1) is 16.8 Å². The Kier molecular flexibility index (Phi) is 4.48. The lowest BCUT2D eigenvalue weighted by Gasteiger charge is -2.13. The number of imide groups is 1. The molecular weight excluding hydrogens is 378 g/mol. The highest BCUT2D eigenvalue weighted by molar-refractivity contribution is 7.99. The third-order valence-corrected chi connectivity index (χ3v) is 5.43. The minimum atomic E-state index is -0.807. The summed E-state index contributed by atoms with van der Waals surface area (Å²) in [5.74, 6) is -2.13. The van der Waals surface area contributed by atoms with Crippen molar-refractivity contribution in [3.05, 3.63) is 77.0 Å². The maximum absolute atomic E-state index is 12.9. The molecule has 8 heteroatoms. The monoisotopic (exact) mass is 393 g/mol. The summed E-state index contributed by atoms with van der Waals surface area (Å²) in [5, 5.41) is 5.36. The number of hydrogen-bond acceptors (Lipinski definition) is 6. The number of amides is 2. The second-order valence-electron chi connectivity index (χ2n) is 6.13. The van der Waals surface area contributed by atoms with Crippen LogP contribution in [0.2, 0.25) is 0 Å². The maximum Gasteiger partial charge on any atom is 0.368 e. The number of aromatic nitrogens is 2. The van der Waals surface area contributed by atoms with Gasteiger partial charge in [0.25, 0.3) is 11.8 Å². The molecule has 2 amide bonds. The zero-order valence-electron chi connectivity index (χ0n) is 15.1. The highest BCUT2D eigenvalue weighted by Gasteiger charge is 2.39. The molecule has 1 aromatic heterocycles. The predicted molar refractivity (Wildman–Crippen MR) is 101 cm³/mol. The van der Waals surface area contributed by atoms with Gasteiger partial charge >= 0.3 is 5.97 Å². The van der Waals surface area contributed by atoms with Crippen LogP contribution in [0.25, 0.3) is 0 Å². The van der Waals surface area contributed by atoms with Gasteiger partial charge < -0.3 is 4.84 Å². The highest BCUT2D eigenvalue weighted by atomic mass is 32.2. The summed E-state index contributed by atoms with van der Waals surface area (Å²) in [5.41, 5.74) is 1.08. The minimum Gasteiger partial charge on any atom is -0.324 e. The van der Waals surface area contributed by atoms with Crippen LogP contribution in [-0.2, 0) is 11.9 Å². The second kappa shape index (κ2) is 6.97. The van der Waals surface area contributed by atoms with Crippen molar-refractivity contribution < 1.29 is 19.2 Å². The smallest absolute Gasteiger partial charge is 0.324 e. The fourth-order valence-electron chi connectivity index (χ4n) is 2.97. The number of hydroxylamine groups is 2. The third kappa shape index (κ3) is 2.97. The van der Waals surface area contributed by atoms with Crippen molar-refractivity contribution in [2.45, 2.75) is 16.8 Å². The molecule has 0 N–H and O–H groups in total. The SMILES string of the molecule is Cc1nn(C)c(Sc2ccccc2)c1C(=O)ON1C(=O)c2ccccc2C1=O. The molecule has 0 spiro atoms. The molecule has 0 unspecified atom stereocenters. The van der Waals surface area contributed by atoms with Crippen molar-refractivity contribution in [3.8, 4) is 0 Å². The fourth-order valence-corrected chi connectivity index (χ4v) is 3.99. The van der Waals surface area contributed by atoms with Gasteiger partial charge in [-0.05, 0) is 31.2 Å². The van der Waals surface area contributed by atoms with Crippen LogP contribution in [-0.4, -0.2) is 32.6 Å². The van der Waals surface area contributed by atoms with Gasteiger partial charge in [0.1, 0.15) is 10.6 Å². The Labute approximate surface area is 164 Å². The molecule has 0 saturated carbocycles. The summed E-state index contributed by atoms with van der Waals surface area (Å²) in [6, 6.07) is 15.8. The Hall–Kier alpha value is -3.39. The van der Waals surface area contributed by atoms with E-state index in [-0.39, 0.29) is 16.7 Å². The summed E-state index contributed by atoms with van der Waals surface area (Å²) >= 11 is 1.35. The summed E-state index contributed by atoms with van der Waals surface area (Å²) in [4.78, 5) is 43.9. The zero-order valence-corrected chi connectivity index (χ0v) is 15.9. The standard InChI is InChI=1S/C20H15N3O4S/c1-12-16(19(22(2)21-12)28-13-8-4-3-5-9-13)20(26)27-23-17(24)14-10-6-7-11-15(14)18(23)25/h3-11H,1-2H3. The number of nitrogens with zero attached hydrogens (tertiary/aromatic N) is 3. The summed E-state index contributed by atoms with van der Waals surface area (Å²) in [6.45, 7) is 1.67. The van der Waals surface area contributed by atoms with E-state index in [0.717, 1.165) is 4.90 Å². The topological polar surface area (TPSA) is 81.5 Å². The molecule has 7 nitrogen and oxygen atoms in total. The Morgan fingerprint density at radius 3 is 2.14 bits per heavy atom. The summed E-state index contributed by atoms with van der Waals surface area (Å²) in [6.07, 6.45) is 0. The molecule has 28 heavy (non-hydrogen) atoms. The molecule has 140 valence electrons. The normalized spacial score (nSPS) is 13.0. The number of rotatable bonds is 4. The van der Waals surface area contributed by atoms with Crippen LogP contribution >= 0.6 is 11.8 Å². The van der Waals surface area contributed by atoms with Gasteiger partial charge in [0.15, 0.2) is 0 Å². The number of aryl methyl sites for hydroxylation is 2. The van der Waals surface area contributed by atoms with Crippen molar-refractivity contribution in [3.63, 3.8) is 0 Å². The Bertz CT molecular complexity index is 1070. The predicted octanol–water partition coefficient (Wildman–Crippen LogP) is 3.25. The van der Waals surface area contributed by atoms with Gasteiger partial charge in [-0.2, -0.15) is 5.10 Å².